The second-order valence-corrected chi connectivity index (χ2v) is 4.89. The lowest BCUT2D eigenvalue weighted by atomic mass is 10.1. The highest BCUT2D eigenvalue weighted by molar-refractivity contribution is 5.75. The topological polar surface area (TPSA) is 47.6 Å². The molecule has 1 saturated heterocycles. The molecule has 1 heterocycles. The fourth-order valence-electron chi connectivity index (χ4n) is 2.02. The summed E-state index contributed by atoms with van der Waals surface area (Å²) in [6.07, 6.45) is 3.33. The summed E-state index contributed by atoms with van der Waals surface area (Å²) in [4.78, 5) is 11.6. The van der Waals surface area contributed by atoms with Crippen LogP contribution in [0.4, 0.5) is 5.69 Å². The molecular weight excluding hydrogens is 242 g/mol. The largest absolute Gasteiger partial charge is 0.462 e. The highest BCUT2D eigenvalue weighted by atomic mass is 16.6. The lowest BCUT2D eigenvalue weighted by molar-refractivity contribution is -0.146. The summed E-state index contributed by atoms with van der Waals surface area (Å²) in [6, 6.07) is 7.91. The Hall–Kier alpha value is -1.55. The maximum absolute atomic E-state index is 11.6. The molecule has 1 aliphatic rings. The quantitative estimate of drug-likeness (QED) is 0.829. The van der Waals surface area contributed by atoms with Gasteiger partial charge >= 0.3 is 5.97 Å². The number of rotatable bonds is 5. The van der Waals surface area contributed by atoms with Crippen LogP contribution in [0.25, 0.3) is 0 Å². The van der Waals surface area contributed by atoms with E-state index in [1.807, 2.05) is 31.2 Å². The molecule has 1 atom stereocenters. The van der Waals surface area contributed by atoms with Crippen molar-refractivity contribution in [2.75, 3.05) is 25.1 Å². The molecule has 19 heavy (non-hydrogen) atoms. The second-order valence-electron chi connectivity index (χ2n) is 4.89. The minimum Gasteiger partial charge on any atom is -0.462 e. The molecular formula is C15H21NO3. The highest BCUT2D eigenvalue weighted by Crippen LogP contribution is 2.13. The third-order valence-corrected chi connectivity index (χ3v) is 3.19. The lowest BCUT2D eigenvalue weighted by Gasteiger charge is -2.22. The zero-order valence-corrected chi connectivity index (χ0v) is 11.4. The smallest absolute Gasteiger partial charge is 0.325 e. The van der Waals surface area contributed by atoms with Gasteiger partial charge in [-0.1, -0.05) is 17.7 Å². The van der Waals surface area contributed by atoms with Gasteiger partial charge in [0.05, 0.1) is 6.10 Å². The molecule has 0 spiro atoms. The maximum Gasteiger partial charge on any atom is 0.325 e. The van der Waals surface area contributed by atoms with Crippen LogP contribution < -0.4 is 5.32 Å². The first kappa shape index (κ1) is 13.9. The Balaban J connectivity index is 1.65. The van der Waals surface area contributed by atoms with Gasteiger partial charge in [-0.25, -0.2) is 0 Å². The number of esters is 1. The normalized spacial score (nSPS) is 18.9. The molecule has 0 amide bonds. The van der Waals surface area contributed by atoms with Gasteiger partial charge < -0.3 is 14.8 Å². The van der Waals surface area contributed by atoms with Crippen molar-refractivity contribution < 1.29 is 14.3 Å². The van der Waals surface area contributed by atoms with Gasteiger partial charge in [-0.15, -0.1) is 0 Å². The van der Waals surface area contributed by atoms with E-state index in [0.717, 1.165) is 31.6 Å². The summed E-state index contributed by atoms with van der Waals surface area (Å²) in [6.45, 7) is 3.37. The standard InChI is InChI=1S/C15H21NO3/c1-12-5-7-13(8-6-12)16-10-15(17)19-11-14-4-2-3-9-18-14/h5-8,14,16H,2-4,9-11H2,1H3. The first-order valence-corrected chi connectivity index (χ1v) is 6.82. The van der Waals surface area contributed by atoms with Crippen LogP contribution in [-0.4, -0.2) is 31.8 Å². The van der Waals surface area contributed by atoms with E-state index < -0.39 is 0 Å². The van der Waals surface area contributed by atoms with Crippen LogP contribution in [0.3, 0.4) is 0 Å². The number of aryl methyl sites for hydroxylation is 1. The molecule has 1 unspecified atom stereocenters. The van der Waals surface area contributed by atoms with Crippen LogP contribution >= 0.6 is 0 Å². The van der Waals surface area contributed by atoms with Gasteiger partial charge in [0.25, 0.3) is 0 Å². The van der Waals surface area contributed by atoms with E-state index in [2.05, 4.69) is 5.32 Å². The molecule has 0 radical (unpaired) electrons. The molecule has 1 aromatic carbocycles. The van der Waals surface area contributed by atoms with Crippen LogP contribution in [0.2, 0.25) is 0 Å². The molecule has 1 N–H and O–H groups in total. The molecule has 0 bridgehead atoms. The Labute approximate surface area is 114 Å². The Bertz CT molecular complexity index is 396. The average molecular weight is 263 g/mol. The molecule has 2 rings (SSSR count). The molecule has 4 heteroatoms. The molecule has 104 valence electrons. The van der Waals surface area contributed by atoms with Crippen molar-refractivity contribution in [3.05, 3.63) is 29.8 Å². The van der Waals surface area contributed by atoms with Gasteiger partial charge in [-0.3, -0.25) is 4.79 Å². The van der Waals surface area contributed by atoms with Crippen molar-refractivity contribution in [3.63, 3.8) is 0 Å². The van der Waals surface area contributed by atoms with Crippen LogP contribution in [0, 0.1) is 6.92 Å². The number of benzene rings is 1. The molecule has 0 saturated carbocycles. The fraction of sp³-hybridized carbons (Fsp3) is 0.533. The number of carbonyl (C=O) groups excluding carboxylic acids is 1. The number of hydrogen-bond acceptors (Lipinski definition) is 4. The van der Waals surface area contributed by atoms with Crippen molar-refractivity contribution in [2.45, 2.75) is 32.3 Å². The Morgan fingerprint density at radius 2 is 2.16 bits per heavy atom. The number of anilines is 1. The molecule has 0 aromatic heterocycles. The lowest BCUT2D eigenvalue weighted by Crippen LogP contribution is -2.27. The van der Waals surface area contributed by atoms with Crippen molar-refractivity contribution in [3.8, 4) is 0 Å². The first-order chi connectivity index (χ1) is 9.24. The predicted octanol–water partition coefficient (Wildman–Crippen LogP) is 2.52. The van der Waals surface area contributed by atoms with Gasteiger partial charge in [0.15, 0.2) is 0 Å². The van der Waals surface area contributed by atoms with Crippen LogP contribution in [0.1, 0.15) is 24.8 Å². The van der Waals surface area contributed by atoms with Gasteiger partial charge in [0.2, 0.25) is 0 Å². The van der Waals surface area contributed by atoms with E-state index in [1.165, 1.54) is 5.56 Å². The van der Waals surface area contributed by atoms with Gasteiger partial charge in [-0.2, -0.15) is 0 Å². The van der Waals surface area contributed by atoms with Gasteiger partial charge in [0, 0.05) is 12.3 Å². The molecule has 0 aliphatic carbocycles. The van der Waals surface area contributed by atoms with E-state index in [9.17, 15) is 4.79 Å². The Morgan fingerprint density at radius 1 is 1.37 bits per heavy atom. The minimum atomic E-state index is -0.241. The van der Waals surface area contributed by atoms with E-state index >= 15 is 0 Å². The summed E-state index contributed by atoms with van der Waals surface area (Å²) in [5, 5.41) is 3.04. The molecule has 1 aromatic rings. The summed E-state index contributed by atoms with van der Waals surface area (Å²) < 4.78 is 10.7. The summed E-state index contributed by atoms with van der Waals surface area (Å²) in [5.74, 6) is -0.241. The van der Waals surface area contributed by atoms with Crippen molar-refractivity contribution in [1.82, 2.24) is 0 Å². The number of hydrogen-bond donors (Lipinski definition) is 1. The second kappa shape index (κ2) is 7.14. The Morgan fingerprint density at radius 3 is 2.84 bits per heavy atom. The average Bonchev–Trinajstić information content (AvgIpc) is 2.45. The van der Waals surface area contributed by atoms with Crippen molar-refractivity contribution >= 4 is 11.7 Å². The van der Waals surface area contributed by atoms with Crippen molar-refractivity contribution in [2.24, 2.45) is 0 Å². The van der Waals surface area contributed by atoms with Gasteiger partial charge in [0.1, 0.15) is 13.2 Å². The van der Waals surface area contributed by atoms with Gasteiger partial charge in [-0.05, 0) is 38.3 Å². The summed E-state index contributed by atoms with van der Waals surface area (Å²) in [5.41, 5.74) is 2.12. The third-order valence-electron chi connectivity index (χ3n) is 3.19. The molecule has 4 nitrogen and oxygen atoms in total. The Kier molecular flexibility index (Phi) is 5.21. The van der Waals surface area contributed by atoms with E-state index in [-0.39, 0.29) is 18.6 Å². The number of nitrogens with one attached hydrogen (secondary N) is 1. The third kappa shape index (κ3) is 4.91. The summed E-state index contributed by atoms with van der Waals surface area (Å²) in [7, 11) is 0. The van der Waals surface area contributed by atoms with E-state index in [0.29, 0.717) is 6.61 Å². The van der Waals surface area contributed by atoms with Crippen LogP contribution in [0.5, 0.6) is 0 Å². The fourth-order valence-corrected chi connectivity index (χ4v) is 2.02. The number of ether oxygens (including phenoxy) is 2. The van der Waals surface area contributed by atoms with E-state index in [1.54, 1.807) is 0 Å². The minimum absolute atomic E-state index is 0.0806. The summed E-state index contributed by atoms with van der Waals surface area (Å²) >= 11 is 0. The highest BCUT2D eigenvalue weighted by Gasteiger charge is 2.15. The monoisotopic (exact) mass is 263 g/mol. The first-order valence-electron chi connectivity index (χ1n) is 6.82. The van der Waals surface area contributed by atoms with Crippen LogP contribution in [0.15, 0.2) is 24.3 Å². The zero-order chi connectivity index (χ0) is 13.5. The maximum atomic E-state index is 11.6. The SMILES string of the molecule is Cc1ccc(NCC(=O)OCC2CCCCO2)cc1. The zero-order valence-electron chi connectivity index (χ0n) is 11.4. The molecule has 1 fully saturated rings. The van der Waals surface area contributed by atoms with Crippen LogP contribution in [-0.2, 0) is 14.3 Å². The predicted molar refractivity (Wildman–Crippen MR) is 74.2 cm³/mol. The number of carbonyl (C=O) groups is 1. The van der Waals surface area contributed by atoms with E-state index in [4.69, 9.17) is 9.47 Å². The van der Waals surface area contributed by atoms with Crippen molar-refractivity contribution in [1.29, 1.82) is 0 Å². The molecule has 1 aliphatic heterocycles.